The van der Waals surface area contributed by atoms with E-state index in [2.05, 4.69) is 39.4 Å². The van der Waals surface area contributed by atoms with E-state index in [9.17, 15) is 4.79 Å². The summed E-state index contributed by atoms with van der Waals surface area (Å²) in [7, 11) is 0. The van der Waals surface area contributed by atoms with Crippen molar-refractivity contribution in [2.45, 2.75) is 32.7 Å². The molecule has 1 aromatic carbocycles. The fraction of sp³-hybridized carbons (Fsp3) is 0.300. The maximum atomic E-state index is 13.1. The SMILES string of the molecule is CC1(C)CC(=O)C2=C(C1)Nc1ncnn1C2c1cn[nH]c1-c1ccccc1. The lowest BCUT2D eigenvalue weighted by Gasteiger charge is -2.38. The predicted octanol–water partition coefficient (Wildman–Crippen LogP) is 3.33. The van der Waals surface area contributed by atoms with Gasteiger partial charge in [0.05, 0.1) is 11.9 Å². The lowest BCUT2D eigenvalue weighted by molar-refractivity contribution is -0.118. The molecule has 2 aromatic heterocycles. The number of allylic oxidation sites excluding steroid dienone is 2. The first kappa shape index (κ1) is 16.0. The summed E-state index contributed by atoms with van der Waals surface area (Å²) in [6.07, 6.45) is 4.63. The van der Waals surface area contributed by atoms with Crippen molar-refractivity contribution in [2.75, 3.05) is 5.32 Å². The lowest BCUT2D eigenvalue weighted by atomic mass is 9.73. The van der Waals surface area contributed by atoms with Gasteiger partial charge in [-0.15, -0.1) is 0 Å². The second-order valence-corrected chi connectivity index (χ2v) is 7.96. The van der Waals surface area contributed by atoms with Gasteiger partial charge in [-0.25, -0.2) is 4.68 Å². The number of anilines is 1. The van der Waals surface area contributed by atoms with Gasteiger partial charge in [-0.3, -0.25) is 9.89 Å². The van der Waals surface area contributed by atoms with Gasteiger partial charge < -0.3 is 5.32 Å². The highest BCUT2D eigenvalue weighted by Gasteiger charge is 2.42. The molecule has 0 radical (unpaired) electrons. The minimum Gasteiger partial charge on any atom is -0.328 e. The van der Waals surface area contributed by atoms with E-state index >= 15 is 0 Å². The summed E-state index contributed by atoms with van der Waals surface area (Å²) in [6.45, 7) is 4.25. The second kappa shape index (κ2) is 5.64. The molecule has 0 saturated carbocycles. The zero-order chi connectivity index (χ0) is 18.6. The van der Waals surface area contributed by atoms with Crippen LogP contribution < -0.4 is 5.32 Å². The Balaban J connectivity index is 1.71. The highest BCUT2D eigenvalue weighted by molar-refractivity contribution is 6.00. The van der Waals surface area contributed by atoms with Gasteiger partial charge in [0.2, 0.25) is 5.95 Å². The number of benzene rings is 1. The number of hydrogen-bond donors (Lipinski definition) is 2. The first-order valence-corrected chi connectivity index (χ1v) is 9.05. The summed E-state index contributed by atoms with van der Waals surface area (Å²) in [6, 6.07) is 9.68. The molecular weight excluding hydrogens is 340 g/mol. The standard InChI is InChI=1S/C20H20N6O/c1-20(2)8-14-16(15(27)9-20)18(26-19(24-14)21-11-23-26)13-10-22-25-17(13)12-6-4-3-5-7-12/h3-7,10-11,18H,8-9H2,1-2H3,(H,22,25)(H,21,23,24). The molecule has 3 aromatic rings. The highest BCUT2D eigenvalue weighted by Crippen LogP contribution is 2.46. The third kappa shape index (κ3) is 2.50. The molecule has 2 N–H and O–H groups in total. The fourth-order valence-electron chi connectivity index (χ4n) is 4.18. The summed E-state index contributed by atoms with van der Waals surface area (Å²) in [5.74, 6) is 0.810. The van der Waals surface area contributed by atoms with Crippen LogP contribution in [0.5, 0.6) is 0 Å². The molecule has 1 aliphatic carbocycles. The molecule has 0 spiro atoms. The van der Waals surface area contributed by atoms with Crippen LogP contribution in [0.2, 0.25) is 0 Å². The lowest BCUT2D eigenvalue weighted by Crippen LogP contribution is -2.36. The van der Waals surface area contributed by atoms with Crippen LogP contribution in [-0.4, -0.2) is 30.7 Å². The van der Waals surface area contributed by atoms with E-state index in [1.807, 2.05) is 30.3 Å². The van der Waals surface area contributed by atoms with Crippen LogP contribution >= 0.6 is 0 Å². The minimum absolute atomic E-state index is 0.0751. The van der Waals surface area contributed by atoms with Crippen molar-refractivity contribution < 1.29 is 4.79 Å². The molecule has 1 unspecified atom stereocenters. The van der Waals surface area contributed by atoms with Crippen LogP contribution in [0.3, 0.4) is 0 Å². The maximum Gasteiger partial charge on any atom is 0.226 e. The second-order valence-electron chi connectivity index (χ2n) is 7.96. The number of nitrogens with zero attached hydrogens (tertiary/aromatic N) is 4. The van der Waals surface area contributed by atoms with Gasteiger partial charge in [0.25, 0.3) is 0 Å². The van der Waals surface area contributed by atoms with E-state index in [0.29, 0.717) is 12.4 Å². The van der Waals surface area contributed by atoms with Crippen LogP contribution in [0, 0.1) is 5.41 Å². The van der Waals surface area contributed by atoms with Crippen LogP contribution in [0.1, 0.15) is 38.3 Å². The van der Waals surface area contributed by atoms with Gasteiger partial charge >= 0.3 is 0 Å². The average molecular weight is 360 g/mol. The number of Topliss-reactive ketones (excluding diaryl/α,β-unsaturated/α-hetero) is 1. The molecule has 1 aliphatic heterocycles. The Morgan fingerprint density at radius 1 is 1.19 bits per heavy atom. The summed E-state index contributed by atoms with van der Waals surface area (Å²) in [5, 5.41) is 15.1. The number of nitrogens with one attached hydrogen (secondary N) is 2. The number of rotatable bonds is 2. The van der Waals surface area contributed by atoms with E-state index in [0.717, 1.165) is 34.5 Å². The van der Waals surface area contributed by atoms with Gasteiger partial charge in [-0.2, -0.15) is 15.2 Å². The van der Waals surface area contributed by atoms with Crippen molar-refractivity contribution in [2.24, 2.45) is 5.41 Å². The molecule has 2 aliphatic rings. The van der Waals surface area contributed by atoms with Crippen LogP contribution in [-0.2, 0) is 4.79 Å². The number of hydrogen-bond acceptors (Lipinski definition) is 5. The van der Waals surface area contributed by atoms with Crippen molar-refractivity contribution in [3.63, 3.8) is 0 Å². The first-order valence-electron chi connectivity index (χ1n) is 9.05. The van der Waals surface area contributed by atoms with Crippen molar-refractivity contribution in [3.8, 4) is 11.3 Å². The van der Waals surface area contributed by atoms with Crippen molar-refractivity contribution in [1.82, 2.24) is 25.0 Å². The van der Waals surface area contributed by atoms with E-state index in [1.54, 1.807) is 10.9 Å². The quantitative estimate of drug-likeness (QED) is 0.732. The third-order valence-corrected chi connectivity index (χ3v) is 5.30. The number of aromatic nitrogens is 5. The van der Waals surface area contributed by atoms with Gasteiger partial charge in [0, 0.05) is 23.3 Å². The normalized spacial score (nSPS) is 20.8. The molecule has 136 valence electrons. The van der Waals surface area contributed by atoms with Gasteiger partial charge in [-0.05, 0) is 17.4 Å². The molecule has 7 nitrogen and oxygen atoms in total. The summed E-state index contributed by atoms with van der Waals surface area (Å²) in [4.78, 5) is 17.5. The molecule has 0 fully saturated rings. The zero-order valence-electron chi connectivity index (χ0n) is 15.2. The fourth-order valence-corrected chi connectivity index (χ4v) is 4.18. The minimum atomic E-state index is -0.337. The summed E-state index contributed by atoms with van der Waals surface area (Å²) >= 11 is 0. The Hall–Kier alpha value is -3.22. The number of ketones is 1. The van der Waals surface area contributed by atoms with Crippen molar-refractivity contribution in [3.05, 3.63) is 59.7 Å². The predicted molar refractivity (Wildman–Crippen MR) is 101 cm³/mol. The zero-order valence-corrected chi connectivity index (χ0v) is 15.2. The summed E-state index contributed by atoms with van der Waals surface area (Å²) < 4.78 is 1.78. The van der Waals surface area contributed by atoms with Crippen LogP contribution in [0.15, 0.2) is 54.1 Å². The Morgan fingerprint density at radius 3 is 2.81 bits per heavy atom. The Bertz CT molecular complexity index is 1060. The van der Waals surface area contributed by atoms with Crippen LogP contribution in [0.25, 0.3) is 11.3 Å². The first-order chi connectivity index (χ1) is 13.0. The van der Waals surface area contributed by atoms with E-state index < -0.39 is 0 Å². The largest absolute Gasteiger partial charge is 0.328 e. The van der Waals surface area contributed by atoms with E-state index in [-0.39, 0.29) is 17.2 Å². The summed E-state index contributed by atoms with van der Waals surface area (Å²) in [5.41, 5.74) is 4.49. The molecule has 0 amide bonds. The molecule has 5 rings (SSSR count). The number of carbonyl (C=O) groups excluding carboxylic acids is 1. The number of fused-ring (bicyclic) bond motifs is 1. The molecule has 3 heterocycles. The molecule has 7 heteroatoms. The van der Waals surface area contributed by atoms with Gasteiger partial charge in [-0.1, -0.05) is 44.2 Å². The van der Waals surface area contributed by atoms with E-state index in [1.165, 1.54) is 6.33 Å². The Kier molecular flexibility index (Phi) is 3.34. The van der Waals surface area contributed by atoms with Gasteiger partial charge in [0.1, 0.15) is 12.4 Å². The molecule has 1 atom stereocenters. The number of aromatic amines is 1. The molecule has 27 heavy (non-hydrogen) atoms. The van der Waals surface area contributed by atoms with Gasteiger partial charge in [0.15, 0.2) is 5.78 Å². The molecular formula is C20H20N6O. The number of H-pyrrole nitrogens is 1. The Labute approximate surface area is 156 Å². The van der Waals surface area contributed by atoms with Crippen molar-refractivity contribution in [1.29, 1.82) is 0 Å². The smallest absolute Gasteiger partial charge is 0.226 e. The van der Waals surface area contributed by atoms with Crippen LogP contribution in [0.4, 0.5) is 5.95 Å². The third-order valence-electron chi connectivity index (χ3n) is 5.30. The topological polar surface area (TPSA) is 88.5 Å². The molecule has 0 bridgehead atoms. The number of carbonyl (C=O) groups is 1. The van der Waals surface area contributed by atoms with Crippen molar-refractivity contribution >= 4 is 11.7 Å². The maximum absolute atomic E-state index is 13.1. The highest BCUT2D eigenvalue weighted by atomic mass is 16.1. The average Bonchev–Trinajstić information content (AvgIpc) is 3.28. The van der Waals surface area contributed by atoms with E-state index in [4.69, 9.17) is 0 Å². The molecule has 0 saturated heterocycles. The monoisotopic (exact) mass is 360 g/mol. The Morgan fingerprint density at radius 2 is 2.00 bits per heavy atom.